The van der Waals surface area contributed by atoms with E-state index < -0.39 is 0 Å². The van der Waals surface area contributed by atoms with Gasteiger partial charge in [0.15, 0.2) is 0 Å². The highest BCUT2D eigenvalue weighted by molar-refractivity contribution is 6.31. The summed E-state index contributed by atoms with van der Waals surface area (Å²) in [6, 6.07) is 11.0. The van der Waals surface area contributed by atoms with Crippen molar-refractivity contribution >= 4 is 28.3 Å². The standard InChI is InChI=1S/C13H12ClNO2/c1-17-8-15-13(16)12-4-2-3-9-7-10(14)5-6-11(9)12/h2-7H,8H2,1H3,(H,15,16). The van der Waals surface area contributed by atoms with Gasteiger partial charge in [0.1, 0.15) is 6.73 Å². The SMILES string of the molecule is COCNC(=O)c1cccc2cc(Cl)ccc12. The third kappa shape index (κ3) is 2.57. The number of benzene rings is 2. The van der Waals surface area contributed by atoms with Crippen LogP contribution in [0.5, 0.6) is 0 Å². The number of halogens is 1. The second kappa shape index (κ2) is 5.17. The lowest BCUT2D eigenvalue weighted by Crippen LogP contribution is -2.25. The lowest BCUT2D eigenvalue weighted by molar-refractivity contribution is 0.0874. The Labute approximate surface area is 104 Å². The average molecular weight is 250 g/mol. The summed E-state index contributed by atoms with van der Waals surface area (Å²) in [7, 11) is 1.53. The number of nitrogens with one attached hydrogen (secondary N) is 1. The molecule has 0 fully saturated rings. The molecule has 1 amide bonds. The smallest absolute Gasteiger partial charge is 0.253 e. The Morgan fingerprint density at radius 3 is 2.94 bits per heavy atom. The van der Waals surface area contributed by atoms with E-state index >= 15 is 0 Å². The van der Waals surface area contributed by atoms with Crippen LogP contribution in [0.15, 0.2) is 36.4 Å². The van der Waals surface area contributed by atoms with Crippen LogP contribution in [-0.2, 0) is 4.74 Å². The van der Waals surface area contributed by atoms with Crippen molar-refractivity contribution in [2.24, 2.45) is 0 Å². The van der Waals surface area contributed by atoms with Crippen molar-refractivity contribution in [3.05, 3.63) is 47.0 Å². The number of carbonyl (C=O) groups is 1. The van der Waals surface area contributed by atoms with Crippen LogP contribution in [0.3, 0.4) is 0 Å². The zero-order valence-electron chi connectivity index (χ0n) is 9.37. The van der Waals surface area contributed by atoms with Crippen LogP contribution in [0.1, 0.15) is 10.4 Å². The minimum absolute atomic E-state index is 0.153. The number of ether oxygens (including phenoxy) is 1. The van der Waals surface area contributed by atoms with Crippen LogP contribution in [0.2, 0.25) is 5.02 Å². The molecular formula is C13H12ClNO2. The zero-order valence-corrected chi connectivity index (χ0v) is 10.1. The van der Waals surface area contributed by atoms with Crippen molar-refractivity contribution in [3.63, 3.8) is 0 Å². The first-order chi connectivity index (χ1) is 8.22. The number of hydrogen-bond donors (Lipinski definition) is 1. The van der Waals surface area contributed by atoms with E-state index in [2.05, 4.69) is 5.32 Å². The lowest BCUT2D eigenvalue weighted by atomic mass is 10.0. The summed E-state index contributed by atoms with van der Waals surface area (Å²) in [6.45, 7) is 0.197. The van der Waals surface area contributed by atoms with E-state index in [1.807, 2.05) is 24.3 Å². The maximum absolute atomic E-state index is 11.9. The summed E-state index contributed by atoms with van der Waals surface area (Å²) >= 11 is 5.91. The fourth-order valence-corrected chi connectivity index (χ4v) is 1.87. The molecule has 0 aliphatic rings. The van der Waals surface area contributed by atoms with Gasteiger partial charge in [0.25, 0.3) is 5.91 Å². The molecule has 2 aromatic carbocycles. The third-order valence-corrected chi connectivity index (χ3v) is 2.70. The van der Waals surface area contributed by atoms with E-state index in [1.165, 1.54) is 7.11 Å². The van der Waals surface area contributed by atoms with E-state index in [0.717, 1.165) is 10.8 Å². The van der Waals surface area contributed by atoms with Crippen molar-refractivity contribution < 1.29 is 9.53 Å². The monoisotopic (exact) mass is 249 g/mol. The predicted octanol–water partition coefficient (Wildman–Crippen LogP) is 2.83. The highest BCUT2D eigenvalue weighted by Crippen LogP contribution is 2.22. The Morgan fingerprint density at radius 2 is 2.18 bits per heavy atom. The van der Waals surface area contributed by atoms with Gasteiger partial charge in [0, 0.05) is 17.7 Å². The van der Waals surface area contributed by atoms with Gasteiger partial charge in [-0.2, -0.15) is 0 Å². The number of methoxy groups -OCH3 is 1. The van der Waals surface area contributed by atoms with Gasteiger partial charge in [-0.1, -0.05) is 29.8 Å². The van der Waals surface area contributed by atoms with E-state index in [4.69, 9.17) is 16.3 Å². The molecule has 2 rings (SSSR count). The summed E-state index contributed by atoms with van der Waals surface area (Å²) in [4.78, 5) is 11.9. The molecule has 0 saturated heterocycles. The molecule has 17 heavy (non-hydrogen) atoms. The molecule has 0 aliphatic carbocycles. The van der Waals surface area contributed by atoms with Crippen molar-refractivity contribution in [2.45, 2.75) is 0 Å². The Kier molecular flexibility index (Phi) is 3.61. The number of carbonyl (C=O) groups excluding carboxylic acids is 1. The molecule has 0 unspecified atom stereocenters. The van der Waals surface area contributed by atoms with Crippen LogP contribution in [-0.4, -0.2) is 19.7 Å². The van der Waals surface area contributed by atoms with Crippen LogP contribution < -0.4 is 5.32 Å². The summed E-state index contributed by atoms with van der Waals surface area (Å²) in [5, 5.41) is 5.15. The summed E-state index contributed by atoms with van der Waals surface area (Å²) in [6.07, 6.45) is 0. The molecule has 0 bridgehead atoms. The van der Waals surface area contributed by atoms with Crippen molar-refractivity contribution in [2.75, 3.05) is 13.8 Å². The molecule has 0 spiro atoms. The molecule has 0 saturated carbocycles. The van der Waals surface area contributed by atoms with Crippen molar-refractivity contribution in [1.82, 2.24) is 5.32 Å². The van der Waals surface area contributed by atoms with Gasteiger partial charge in [-0.25, -0.2) is 0 Å². The maximum Gasteiger partial charge on any atom is 0.253 e. The molecule has 1 N–H and O–H groups in total. The highest BCUT2D eigenvalue weighted by Gasteiger charge is 2.08. The molecule has 0 aliphatic heterocycles. The first-order valence-electron chi connectivity index (χ1n) is 5.18. The second-order valence-corrected chi connectivity index (χ2v) is 4.05. The Morgan fingerprint density at radius 1 is 1.35 bits per heavy atom. The minimum atomic E-state index is -0.153. The van der Waals surface area contributed by atoms with Crippen LogP contribution >= 0.6 is 11.6 Å². The van der Waals surface area contributed by atoms with Crippen molar-refractivity contribution in [1.29, 1.82) is 0 Å². The predicted molar refractivity (Wildman–Crippen MR) is 68.3 cm³/mol. The topological polar surface area (TPSA) is 38.3 Å². The van der Waals surface area contributed by atoms with E-state index in [0.29, 0.717) is 10.6 Å². The van der Waals surface area contributed by atoms with Crippen LogP contribution in [0.4, 0.5) is 0 Å². The van der Waals surface area contributed by atoms with Crippen molar-refractivity contribution in [3.8, 4) is 0 Å². The Hall–Kier alpha value is -1.58. The minimum Gasteiger partial charge on any atom is -0.364 e. The molecule has 3 nitrogen and oxygen atoms in total. The average Bonchev–Trinajstić information content (AvgIpc) is 2.34. The summed E-state index contributed by atoms with van der Waals surface area (Å²) in [5.74, 6) is -0.153. The van der Waals surface area contributed by atoms with Gasteiger partial charge in [-0.05, 0) is 29.0 Å². The fraction of sp³-hybridized carbons (Fsp3) is 0.154. The van der Waals surface area contributed by atoms with E-state index in [1.54, 1.807) is 12.1 Å². The number of fused-ring (bicyclic) bond motifs is 1. The van der Waals surface area contributed by atoms with E-state index in [9.17, 15) is 4.79 Å². The van der Waals surface area contributed by atoms with Gasteiger partial charge in [0.2, 0.25) is 0 Å². The number of hydrogen-bond acceptors (Lipinski definition) is 2. The van der Waals surface area contributed by atoms with Crippen LogP contribution in [0.25, 0.3) is 10.8 Å². The summed E-state index contributed by atoms with van der Waals surface area (Å²) < 4.78 is 4.81. The summed E-state index contributed by atoms with van der Waals surface area (Å²) in [5.41, 5.74) is 0.621. The molecule has 88 valence electrons. The molecule has 2 aromatic rings. The lowest BCUT2D eigenvalue weighted by Gasteiger charge is -2.07. The van der Waals surface area contributed by atoms with Gasteiger partial charge < -0.3 is 10.1 Å². The Balaban J connectivity index is 2.43. The van der Waals surface area contributed by atoms with Gasteiger partial charge in [-0.3, -0.25) is 4.79 Å². The third-order valence-electron chi connectivity index (χ3n) is 2.46. The second-order valence-electron chi connectivity index (χ2n) is 3.61. The molecule has 4 heteroatoms. The normalized spacial score (nSPS) is 10.5. The number of amides is 1. The first kappa shape index (κ1) is 11.9. The molecule has 0 aromatic heterocycles. The number of rotatable bonds is 3. The molecule has 0 radical (unpaired) electrons. The fourth-order valence-electron chi connectivity index (χ4n) is 1.69. The Bertz CT molecular complexity index is 554. The van der Waals surface area contributed by atoms with Gasteiger partial charge in [-0.15, -0.1) is 0 Å². The van der Waals surface area contributed by atoms with Crippen LogP contribution in [0, 0.1) is 0 Å². The van der Waals surface area contributed by atoms with E-state index in [-0.39, 0.29) is 12.6 Å². The quantitative estimate of drug-likeness (QED) is 0.850. The largest absolute Gasteiger partial charge is 0.364 e. The zero-order chi connectivity index (χ0) is 12.3. The molecule has 0 heterocycles. The highest BCUT2D eigenvalue weighted by atomic mass is 35.5. The first-order valence-corrected chi connectivity index (χ1v) is 5.55. The van der Waals surface area contributed by atoms with Gasteiger partial charge >= 0.3 is 0 Å². The molecular weight excluding hydrogens is 238 g/mol. The maximum atomic E-state index is 11.9. The van der Waals surface area contributed by atoms with Gasteiger partial charge in [0.05, 0.1) is 0 Å². The molecule has 0 atom stereocenters.